The van der Waals surface area contributed by atoms with Crippen molar-refractivity contribution >= 4 is 11.8 Å². The summed E-state index contributed by atoms with van der Waals surface area (Å²) in [5, 5.41) is 6.16. The molecule has 0 spiro atoms. The molecule has 1 atom stereocenters. The lowest BCUT2D eigenvalue weighted by Gasteiger charge is -2.34. The van der Waals surface area contributed by atoms with Crippen molar-refractivity contribution < 1.29 is 14.3 Å². The van der Waals surface area contributed by atoms with E-state index in [1.807, 2.05) is 4.90 Å². The van der Waals surface area contributed by atoms with Crippen LogP contribution in [0.5, 0.6) is 0 Å². The maximum absolute atomic E-state index is 12.3. The first-order valence-corrected chi connectivity index (χ1v) is 8.11. The topological polar surface area (TPSA) is 70.7 Å². The van der Waals surface area contributed by atoms with E-state index in [1.54, 1.807) is 0 Å². The minimum Gasteiger partial charge on any atom is -0.366 e. The number of ether oxygens (including phenoxy) is 1. The zero-order chi connectivity index (χ0) is 15.1. The maximum atomic E-state index is 12.3. The van der Waals surface area contributed by atoms with E-state index in [1.165, 1.54) is 0 Å². The Hall–Kier alpha value is -1.14. The number of piperidine rings is 1. The van der Waals surface area contributed by atoms with E-state index in [2.05, 4.69) is 17.6 Å². The number of hydrogen-bond acceptors (Lipinski definition) is 4. The fourth-order valence-corrected chi connectivity index (χ4v) is 2.82. The van der Waals surface area contributed by atoms with E-state index in [0.717, 1.165) is 38.8 Å². The van der Waals surface area contributed by atoms with E-state index in [4.69, 9.17) is 4.74 Å². The first-order chi connectivity index (χ1) is 10.2. The van der Waals surface area contributed by atoms with E-state index in [9.17, 15) is 9.59 Å². The third-order valence-corrected chi connectivity index (χ3v) is 4.21. The monoisotopic (exact) mass is 297 g/mol. The second-order valence-electron chi connectivity index (χ2n) is 5.81. The van der Waals surface area contributed by atoms with Gasteiger partial charge in [-0.3, -0.25) is 9.59 Å². The van der Waals surface area contributed by atoms with Crippen LogP contribution in [0, 0.1) is 5.92 Å². The van der Waals surface area contributed by atoms with Crippen molar-refractivity contribution in [1.29, 1.82) is 0 Å². The third-order valence-electron chi connectivity index (χ3n) is 4.21. The van der Waals surface area contributed by atoms with Gasteiger partial charge in [-0.2, -0.15) is 0 Å². The lowest BCUT2D eigenvalue weighted by molar-refractivity contribution is -0.147. The summed E-state index contributed by atoms with van der Waals surface area (Å²) in [6.45, 7) is 6.18. The Bertz CT molecular complexity index is 348. The van der Waals surface area contributed by atoms with Crippen LogP contribution >= 0.6 is 0 Å². The third kappa shape index (κ3) is 4.68. The largest absolute Gasteiger partial charge is 0.366 e. The second-order valence-corrected chi connectivity index (χ2v) is 5.81. The quantitative estimate of drug-likeness (QED) is 0.708. The molecule has 1 unspecified atom stereocenters. The summed E-state index contributed by atoms with van der Waals surface area (Å²) in [7, 11) is 0. The second kappa shape index (κ2) is 8.34. The SMILES string of the molecule is CCCCNC(=O)C1CCN(C(=O)C2CNCCO2)CC1. The summed E-state index contributed by atoms with van der Waals surface area (Å²) < 4.78 is 5.50. The predicted molar refractivity (Wildman–Crippen MR) is 79.8 cm³/mol. The number of morpholine rings is 1. The molecule has 120 valence electrons. The number of nitrogens with zero attached hydrogens (tertiary/aromatic N) is 1. The first kappa shape index (κ1) is 16.2. The summed E-state index contributed by atoms with van der Waals surface area (Å²) in [6.07, 6.45) is 3.26. The van der Waals surface area contributed by atoms with E-state index >= 15 is 0 Å². The van der Waals surface area contributed by atoms with Crippen LogP contribution in [0.25, 0.3) is 0 Å². The van der Waals surface area contributed by atoms with E-state index < -0.39 is 0 Å². The van der Waals surface area contributed by atoms with Crippen LogP contribution in [-0.4, -0.2) is 62.1 Å². The smallest absolute Gasteiger partial charge is 0.253 e. The zero-order valence-electron chi connectivity index (χ0n) is 12.9. The van der Waals surface area contributed by atoms with Crippen LogP contribution in [0.3, 0.4) is 0 Å². The molecule has 2 heterocycles. The van der Waals surface area contributed by atoms with Crippen molar-refractivity contribution in [2.75, 3.05) is 39.3 Å². The van der Waals surface area contributed by atoms with Crippen molar-refractivity contribution in [1.82, 2.24) is 15.5 Å². The first-order valence-electron chi connectivity index (χ1n) is 8.11. The molecule has 21 heavy (non-hydrogen) atoms. The van der Waals surface area contributed by atoms with Gasteiger partial charge in [-0.25, -0.2) is 0 Å². The Balaban J connectivity index is 1.72. The van der Waals surface area contributed by atoms with Crippen LogP contribution < -0.4 is 10.6 Å². The molecule has 0 aromatic carbocycles. The number of likely N-dealkylation sites (tertiary alicyclic amines) is 1. The highest BCUT2D eigenvalue weighted by atomic mass is 16.5. The predicted octanol–water partition coefficient (Wildman–Crippen LogP) is 0.130. The van der Waals surface area contributed by atoms with Crippen molar-refractivity contribution in [3.05, 3.63) is 0 Å². The lowest BCUT2D eigenvalue weighted by Crippen LogP contribution is -2.52. The standard InChI is InChI=1S/C15H27N3O3/c1-2-3-6-17-14(19)12-4-8-18(9-5-12)15(20)13-11-16-7-10-21-13/h12-13,16H,2-11H2,1H3,(H,17,19). The zero-order valence-corrected chi connectivity index (χ0v) is 12.9. The molecule has 2 amide bonds. The average molecular weight is 297 g/mol. The summed E-state index contributed by atoms with van der Waals surface area (Å²) in [6, 6.07) is 0. The number of amides is 2. The molecule has 0 saturated carbocycles. The molecule has 2 N–H and O–H groups in total. The van der Waals surface area contributed by atoms with Crippen LogP contribution in [-0.2, 0) is 14.3 Å². The Labute approximate surface area is 126 Å². The van der Waals surface area contributed by atoms with Gasteiger partial charge in [0.25, 0.3) is 5.91 Å². The molecular formula is C15H27N3O3. The molecule has 2 saturated heterocycles. The minimum atomic E-state index is -0.353. The Morgan fingerprint density at radius 3 is 2.71 bits per heavy atom. The number of carbonyl (C=O) groups is 2. The van der Waals surface area contributed by atoms with Gasteiger partial charge in [0.15, 0.2) is 0 Å². The van der Waals surface area contributed by atoms with Crippen molar-refractivity contribution in [2.24, 2.45) is 5.92 Å². The summed E-state index contributed by atoms with van der Waals surface area (Å²) in [4.78, 5) is 26.1. The molecule has 2 rings (SSSR count). The molecule has 6 heteroatoms. The molecule has 0 bridgehead atoms. The summed E-state index contributed by atoms with van der Waals surface area (Å²) in [5.74, 6) is 0.259. The highest BCUT2D eigenvalue weighted by Gasteiger charge is 2.31. The Morgan fingerprint density at radius 2 is 2.10 bits per heavy atom. The van der Waals surface area contributed by atoms with Crippen molar-refractivity contribution in [3.8, 4) is 0 Å². The molecule has 2 aliphatic rings. The van der Waals surface area contributed by atoms with Crippen LogP contribution in [0.1, 0.15) is 32.6 Å². The minimum absolute atomic E-state index is 0.0521. The van der Waals surface area contributed by atoms with Gasteiger partial charge in [0, 0.05) is 38.6 Å². The Morgan fingerprint density at radius 1 is 1.33 bits per heavy atom. The van der Waals surface area contributed by atoms with Gasteiger partial charge >= 0.3 is 0 Å². The van der Waals surface area contributed by atoms with Crippen LogP contribution in [0.2, 0.25) is 0 Å². The fourth-order valence-electron chi connectivity index (χ4n) is 2.82. The van der Waals surface area contributed by atoms with Gasteiger partial charge < -0.3 is 20.3 Å². The van der Waals surface area contributed by atoms with Crippen LogP contribution in [0.15, 0.2) is 0 Å². The lowest BCUT2D eigenvalue weighted by atomic mass is 9.95. The normalized spacial score (nSPS) is 23.9. The highest BCUT2D eigenvalue weighted by molar-refractivity contribution is 5.82. The number of carbonyl (C=O) groups excluding carboxylic acids is 2. The Kier molecular flexibility index (Phi) is 6.45. The average Bonchev–Trinajstić information content (AvgIpc) is 2.55. The van der Waals surface area contributed by atoms with E-state index in [-0.39, 0.29) is 23.8 Å². The van der Waals surface area contributed by atoms with Gasteiger partial charge in [0.2, 0.25) is 5.91 Å². The molecule has 0 aromatic heterocycles. The summed E-state index contributed by atoms with van der Waals surface area (Å²) in [5.41, 5.74) is 0. The number of unbranched alkanes of at least 4 members (excludes halogenated alkanes) is 1. The molecular weight excluding hydrogens is 270 g/mol. The fraction of sp³-hybridized carbons (Fsp3) is 0.867. The van der Waals surface area contributed by atoms with Gasteiger partial charge in [-0.15, -0.1) is 0 Å². The van der Waals surface area contributed by atoms with Gasteiger partial charge in [0.05, 0.1) is 6.61 Å². The van der Waals surface area contributed by atoms with Gasteiger partial charge in [-0.1, -0.05) is 13.3 Å². The molecule has 2 fully saturated rings. The molecule has 2 aliphatic heterocycles. The van der Waals surface area contributed by atoms with Gasteiger partial charge in [-0.05, 0) is 19.3 Å². The molecule has 0 aromatic rings. The number of nitrogens with one attached hydrogen (secondary N) is 2. The number of rotatable bonds is 5. The molecule has 0 aliphatic carbocycles. The molecule has 6 nitrogen and oxygen atoms in total. The molecule has 0 radical (unpaired) electrons. The van der Waals surface area contributed by atoms with Crippen molar-refractivity contribution in [2.45, 2.75) is 38.7 Å². The maximum Gasteiger partial charge on any atom is 0.253 e. The van der Waals surface area contributed by atoms with Crippen LogP contribution in [0.4, 0.5) is 0 Å². The van der Waals surface area contributed by atoms with Crippen molar-refractivity contribution in [3.63, 3.8) is 0 Å². The number of hydrogen-bond donors (Lipinski definition) is 2. The summed E-state index contributed by atoms with van der Waals surface area (Å²) >= 11 is 0. The van der Waals surface area contributed by atoms with E-state index in [0.29, 0.717) is 26.2 Å². The highest BCUT2D eigenvalue weighted by Crippen LogP contribution is 2.18. The van der Waals surface area contributed by atoms with Gasteiger partial charge in [0.1, 0.15) is 6.10 Å².